The highest BCUT2D eigenvalue weighted by Gasteiger charge is 2.50. The van der Waals surface area contributed by atoms with Gasteiger partial charge in [0.2, 0.25) is 0 Å². The average molecular weight is 198 g/mol. The normalized spacial score (nSPS) is 26.2. The summed E-state index contributed by atoms with van der Waals surface area (Å²) in [6, 6.07) is 0. The summed E-state index contributed by atoms with van der Waals surface area (Å²) in [6.45, 7) is 9.92. The Morgan fingerprint density at radius 3 is 2.00 bits per heavy atom. The van der Waals surface area contributed by atoms with Gasteiger partial charge >= 0.3 is 7.12 Å². The molecule has 1 fully saturated rings. The Kier molecular flexibility index (Phi) is 3.07. The van der Waals surface area contributed by atoms with E-state index in [2.05, 4.69) is 0 Å². The molecule has 1 heterocycles. The van der Waals surface area contributed by atoms with Crippen LogP contribution < -0.4 is 0 Å². The zero-order valence-corrected chi connectivity index (χ0v) is 9.66. The first-order valence-electron chi connectivity index (χ1n) is 5.09. The van der Waals surface area contributed by atoms with E-state index in [0.717, 1.165) is 6.29 Å². The average Bonchev–Trinajstić information content (AvgIpc) is 2.20. The van der Waals surface area contributed by atoms with Gasteiger partial charge in [-0.2, -0.15) is 0 Å². The third-order valence-corrected chi connectivity index (χ3v) is 3.10. The predicted molar refractivity (Wildman–Crippen MR) is 56.1 cm³/mol. The van der Waals surface area contributed by atoms with Crippen LogP contribution in [0, 0.1) is 5.92 Å². The molecule has 0 N–H and O–H groups in total. The molecule has 80 valence electrons. The standard InChI is InChI=1S/C10H19BO3/c1-8(7-12)6-11-13-9(2,3)10(4,5)14-11/h7-8H,6H2,1-5H3. The van der Waals surface area contributed by atoms with Crippen LogP contribution in [0.25, 0.3) is 0 Å². The van der Waals surface area contributed by atoms with Gasteiger partial charge in [-0.15, -0.1) is 0 Å². The Labute approximate surface area is 86.3 Å². The molecule has 0 saturated carbocycles. The Balaban J connectivity index is 2.59. The number of hydrogen-bond acceptors (Lipinski definition) is 3. The molecule has 1 unspecified atom stereocenters. The van der Waals surface area contributed by atoms with E-state index in [1.807, 2.05) is 34.6 Å². The maximum Gasteiger partial charge on any atom is 0.458 e. The third-order valence-electron chi connectivity index (χ3n) is 3.10. The second-order valence-corrected chi connectivity index (χ2v) is 5.03. The van der Waals surface area contributed by atoms with Crippen LogP contribution in [0.15, 0.2) is 0 Å². The molecule has 0 radical (unpaired) electrons. The monoisotopic (exact) mass is 198 g/mol. The SMILES string of the molecule is CC(C=O)CB1OC(C)(C)C(C)(C)O1. The maximum absolute atomic E-state index is 10.5. The quantitative estimate of drug-likeness (QED) is 0.513. The van der Waals surface area contributed by atoms with Crippen LogP contribution >= 0.6 is 0 Å². The maximum atomic E-state index is 10.5. The third kappa shape index (κ3) is 2.18. The van der Waals surface area contributed by atoms with Gasteiger partial charge in [0.1, 0.15) is 6.29 Å². The van der Waals surface area contributed by atoms with Gasteiger partial charge in [0.15, 0.2) is 0 Å². The van der Waals surface area contributed by atoms with Crippen molar-refractivity contribution in [1.82, 2.24) is 0 Å². The van der Waals surface area contributed by atoms with E-state index in [0.29, 0.717) is 6.32 Å². The summed E-state index contributed by atoms with van der Waals surface area (Å²) < 4.78 is 11.5. The summed E-state index contributed by atoms with van der Waals surface area (Å²) in [5, 5.41) is 0. The van der Waals surface area contributed by atoms with Crippen molar-refractivity contribution in [2.45, 2.75) is 52.1 Å². The van der Waals surface area contributed by atoms with E-state index < -0.39 is 0 Å². The molecule has 3 nitrogen and oxygen atoms in total. The molecular formula is C10H19BO3. The van der Waals surface area contributed by atoms with E-state index >= 15 is 0 Å². The Hall–Kier alpha value is -0.345. The molecule has 1 aliphatic rings. The van der Waals surface area contributed by atoms with Crippen LogP contribution in [0.3, 0.4) is 0 Å². The van der Waals surface area contributed by atoms with Crippen molar-refractivity contribution in [2.75, 3.05) is 0 Å². The van der Waals surface area contributed by atoms with E-state index in [1.165, 1.54) is 0 Å². The smallest absolute Gasteiger partial charge is 0.403 e. The molecule has 0 amide bonds. The van der Waals surface area contributed by atoms with Gasteiger partial charge < -0.3 is 14.1 Å². The molecule has 14 heavy (non-hydrogen) atoms. The second kappa shape index (κ2) is 3.67. The molecule has 1 atom stereocenters. The van der Waals surface area contributed by atoms with Gasteiger partial charge in [0.05, 0.1) is 11.2 Å². The molecule has 1 saturated heterocycles. The first kappa shape index (κ1) is 11.7. The summed E-state index contributed by atoms with van der Waals surface area (Å²) >= 11 is 0. The number of carbonyl (C=O) groups excluding carboxylic acids is 1. The van der Waals surface area contributed by atoms with Crippen molar-refractivity contribution in [3.63, 3.8) is 0 Å². The largest absolute Gasteiger partial charge is 0.458 e. The number of carbonyl (C=O) groups is 1. The highest BCUT2D eigenvalue weighted by Crippen LogP contribution is 2.38. The van der Waals surface area contributed by atoms with E-state index in [-0.39, 0.29) is 24.2 Å². The number of aldehydes is 1. The lowest BCUT2D eigenvalue weighted by atomic mass is 9.78. The molecule has 0 aromatic carbocycles. The van der Waals surface area contributed by atoms with Crippen LogP contribution in [-0.4, -0.2) is 24.6 Å². The lowest BCUT2D eigenvalue weighted by Crippen LogP contribution is -2.41. The van der Waals surface area contributed by atoms with E-state index in [9.17, 15) is 4.79 Å². The van der Waals surface area contributed by atoms with E-state index in [4.69, 9.17) is 9.31 Å². The molecule has 1 rings (SSSR count). The molecule has 1 aliphatic heterocycles. The van der Waals surface area contributed by atoms with E-state index in [1.54, 1.807) is 0 Å². The van der Waals surface area contributed by atoms with Crippen molar-refractivity contribution in [3.05, 3.63) is 0 Å². The summed E-state index contributed by atoms with van der Waals surface area (Å²) in [5.41, 5.74) is -0.583. The number of hydrogen-bond donors (Lipinski definition) is 0. The van der Waals surface area contributed by atoms with Crippen molar-refractivity contribution < 1.29 is 14.1 Å². The lowest BCUT2D eigenvalue weighted by molar-refractivity contribution is -0.110. The van der Waals surface area contributed by atoms with Crippen molar-refractivity contribution in [3.8, 4) is 0 Å². The van der Waals surface area contributed by atoms with Gasteiger partial charge in [-0.05, 0) is 34.0 Å². The summed E-state index contributed by atoms with van der Waals surface area (Å²) in [7, 11) is -0.250. The molecular weight excluding hydrogens is 179 g/mol. The highest BCUT2D eigenvalue weighted by atomic mass is 16.7. The molecule has 0 aromatic heterocycles. The summed E-state index contributed by atoms with van der Waals surface area (Å²) in [6.07, 6.45) is 1.57. The van der Waals surface area contributed by atoms with Gasteiger partial charge in [0, 0.05) is 5.92 Å². The van der Waals surface area contributed by atoms with Gasteiger partial charge in [-0.3, -0.25) is 0 Å². The summed E-state index contributed by atoms with van der Waals surface area (Å²) in [4.78, 5) is 10.5. The Bertz CT molecular complexity index is 209. The molecule has 0 spiro atoms. The lowest BCUT2D eigenvalue weighted by Gasteiger charge is -2.32. The topological polar surface area (TPSA) is 35.5 Å². The van der Waals surface area contributed by atoms with Crippen LogP contribution in [0.4, 0.5) is 0 Å². The zero-order valence-electron chi connectivity index (χ0n) is 9.66. The Morgan fingerprint density at radius 1 is 1.21 bits per heavy atom. The van der Waals surface area contributed by atoms with Crippen LogP contribution in [0.1, 0.15) is 34.6 Å². The van der Waals surface area contributed by atoms with Crippen LogP contribution in [0.5, 0.6) is 0 Å². The zero-order chi connectivity index (χ0) is 11.0. The van der Waals surface area contributed by atoms with Crippen molar-refractivity contribution in [1.29, 1.82) is 0 Å². The summed E-state index contributed by atoms with van der Waals surface area (Å²) in [5.74, 6) is -0.00954. The highest BCUT2D eigenvalue weighted by molar-refractivity contribution is 6.45. The second-order valence-electron chi connectivity index (χ2n) is 5.03. The van der Waals surface area contributed by atoms with Crippen molar-refractivity contribution >= 4 is 13.4 Å². The molecule has 0 aliphatic carbocycles. The van der Waals surface area contributed by atoms with Gasteiger partial charge in [-0.1, -0.05) is 6.92 Å². The minimum absolute atomic E-state index is 0.00954. The Morgan fingerprint density at radius 2 is 1.64 bits per heavy atom. The fourth-order valence-corrected chi connectivity index (χ4v) is 1.42. The van der Waals surface area contributed by atoms with Gasteiger partial charge in [-0.25, -0.2) is 0 Å². The minimum atomic E-state index is -0.291. The molecule has 0 bridgehead atoms. The molecule has 0 aromatic rings. The first-order chi connectivity index (χ1) is 6.28. The minimum Gasteiger partial charge on any atom is -0.403 e. The first-order valence-corrected chi connectivity index (χ1v) is 5.09. The van der Waals surface area contributed by atoms with Crippen molar-refractivity contribution in [2.24, 2.45) is 5.92 Å². The van der Waals surface area contributed by atoms with Crippen LogP contribution in [0.2, 0.25) is 6.32 Å². The van der Waals surface area contributed by atoms with Crippen LogP contribution in [-0.2, 0) is 14.1 Å². The fraction of sp³-hybridized carbons (Fsp3) is 0.900. The number of rotatable bonds is 3. The fourth-order valence-electron chi connectivity index (χ4n) is 1.42. The molecule has 4 heteroatoms. The predicted octanol–water partition coefficient (Wildman–Crippen LogP) is 1.91. The van der Waals surface area contributed by atoms with Gasteiger partial charge in [0.25, 0.3) is 0 Å².